The summed E-state index contributed by atoms with van der Waals surface area (Å²) in [6.45, 7) is 7.79. The number of aryl methyl sites for hydroxylation is 1. The van der Waals surface area contributed by atoms with Crippen molar-refractivity contribution in [2.24, 2.45) is 0 Å². The number of amides is 2. The molecule has 3 rings (SSSR count). The van der Waals surface area contributed by atoms with Crippen molar-refractivity contribution in [2.75, 3.05) is 5.75 Å². The minimum atomic E-state index is -0.539. The minimum Gasteiger partial charge on any atom is -0.350 e. The molecule has 6 nitrogen and oxygen atoms in total. The summed E-state index contributed by atoms with van der Waals surface area (Å²) >= 11 is 1.48. The molecule has 27 heavy (non-hydrogen) atoms. The van der Waals surface area contributed by atoms with Crippen LogP contribution in [-0.2, 0) is 16.1 Å². The summed E-state index contributed by atoms with van der Waals surface area (Å²) in [4.78, 5) is 24.5. The first-order chi connectivity index (χ1) is 12.7. The highest BCUT2D eigenvalue weighted by Crippen LogP contribution is 2.29. The molecule has 1 saturated heterocycles. The van der Waals surface area contributed by atoms with Crippen LogP contribution >= 0.6 is 11.8 Å². The SMILES string of the molecule is Cc1nn(-c2ccc(F)cc2)c(C)c1CNC(=O)[C@@H]1CSC(C)(C)C(=O)N1. The standard InChI is InChI=1S/C19H23FN4O2S/c1-11-15(12(2)24(23-11)14-7-5-13(20)6-8-14)9-21-17(25)16-10-27-19(3,4)18(26)22-16/h5-8,16H,9-10H2,1-4H3,(H,21,25)(H,22,26)/t16-/m0/s1. The molecule has 8 heteroatoms. The summed E-state index contributed by atoms with van der Waals surface area (Å²) in [6.07, 6.45) is 0. The molecule has 0 radical (unpaired) electrons. The molecule has 0 aliphatic carbocycles. The third kappa shape index (κ3) is 4.00. The van der Waals surface area contributed by atoms with Gasteiger partial charge in [-0.15, -0.1) is 11.8 Å². The van der Waals surface area contributed by atoms with E-state index in [4.69, 9.17) is 0 Å². The van der Waals surface area contributed by atoms with Crippen LogP contribution in [0.1, 0.15) is 30.8 Å². The molecular weight excluding hydrogens is 367 g/mol. The summed E-state index contributed by atoms with van der Waals surface area (Å²) in [7, 11) is 0. The van der Waals surface area contributed by atoms with Gasteiger partial charge in [-0.3, -0.25) is 9.59 Å². The van der Waals surface area contributed by atoms with Crippen LogP contribution in [0.4, 0.5) is 4.39 Å². The van der Waals surface area contributed by atoms with E-state index < -0.39 is 10.8 Å². The van der Waals surface area contributed by atoms with Crippen molar-refractivity contribution >= 4 is 23.6 Å². The van der Waals surface area contributed by atoms with Gasteiger partial charge < -0.3 is 10.6 Å². The Labute approximate surface area is 161 Å². The van der Waals surface area contributed by atoms with Crippen LogP contribution in [0, 0.1) is 19.7 Å². The average molecular weight is 390 g/mol. The molecule has 1 aromatic heterocycles. The molecular formula is C19H23FN4O2S. The Kier molecular flexibility index (Phi) is 5.28. The van der Waals surface area contributed by atoms with Gasteiger partial charge in [0.2, 0.25) is 11.8 Å². The molecule has 1 aliphatic rings. The molecule has 1 aliphatic heterocycles. The second kappa shape index (κ2) is 7.34. The van der Waals surface area contributed by atoms with E-state index in [1.807, 2.05) is 27.7 Å². The molecule has 0 bridgehead atoms. The van der Waals surface area contributed by atoms with E-state index in [1.54, 1.807) is 16.8 Å². The number of rotatable bonds is 4. The van der Waals surface area contributed by atoms with Crippen molar-refractivity contribution in [1.82, 2.24) is 20.4 Å². The number of carbonyl (C=O) groups is 2. The Morgan fingerprint density at radius 3 is 2.67 bits per heavy atom. The lowest BCUT2D eigenvalue weighted by Crippen LogP contribution is -2.57. The molecule has 1 atom stereocenters. The molecule has 144 valence electrons. The van der Waals surface area contributed by atoms with Crippen molar-refractivity contribution in [3.63, 3.8) is 0 Å². The molecule has 2 aromatic rings. The summed E-state index contributed by atoms with van der Waals surface area (Å²) in [5.74, 6) is -0.101. The zero-order chi connectivity index (χ0) is 19.8. The highest BCUT2D eigenvalue weighted by molar-refractivity contribution is 8.01. The van der Waals surface area contributed by atoms with Gasteiger partial charge >= 0.3 is 0 Å². The van der Waals surface area contributed by atoms with Crippen LogP contribution in [0.15, 0.2) is 24.3 Å². The van der Waals surface area contributed by atoms with Gasteiger partial charge in [-0.2, -0.15) is 5.10 Å². The lowest BCUT2D eigenvalue weighted by molar-refractivity contribution is -0.129. The van der Waals surface area contributed by atoms with E-state index in [0.717, 1.165) is 22.6 Å². The first kappa shape index (κ1) is 19.4. The maximum Gasteiger partial charge on any atom is 0.243 e. The average Bonchev–Trinajstić information content (AvgIpc) is 2.90. The fourth-order valence-corrected chi connectivity index (χ4v) is 3.94. The zero-order valence-corrected chi connectivity index (χ0v) is 16.6. The number of nitrogens with one attached hydrogen (secondary N) is 2. The highest BCUT2D eigenvalue weighted by Gasteiger charge is 2.37. The summed E-state index contributed by atoms with van der Waals surface area (Å²) in [6, 6.07) is 5.56. The van der Waals surface area contributed by atoms with Crippen LogP contribution in [0.5, 0.6) is 0 Å². The smallest absolute Gasteiger partial charge is 0.243 e. The Hall–Kier alpha value is -2.35. The van der Waals surface area contributed by atoms with Gasteiger partial charge in [-0.25, -0.2) is 9.07 Å². The largest absolute Gasteiger partial charge is 0.350 e. The van der Waals surface area contributed by atoms with Crippen LogP contribution < -0.4 is 10.6 Å². The highest BCUT2D eigenvalue weighted by atomic mass is 32.2. The van der Waals surface area contributed by atoms with Crippen molar-refractivity contribution in [3.05, 3.63) is 47.0 Å². The number of nitrogens with zero attached hydrogens (tertiary/aromatic N) is 2. The molecule has 1 fully saturated rings. The number of aromatic nitrogens is 2. The lowest BCUT2D eigenvalue weighted by Gasteiger charge is -2.32. The second-order valence-electron chi connectivity index (χ2n) is 7.10. The van der Waals surface area contributed by atoms with Gasteiger partial charge in [-0.05, 0) is 52.0 Å². The number of hydrogen-bond acceptors (Lipinski definition) is 4. The predicted octanol–water partition coefficient (Wildman–Crippen LogP) is 2.25. The maximum absolute atomic E-state index is 13.1. The Morgan fingerprint density at radius 1 is 1.37 bits per heavy atom. The number of halogens is 1. The van der Waals surface area contributed by atoms with E-state index in [9.17, 15) is 14.0 Å². The van der Waals surface area contributed by atoms with Crippen LogP contribution in [0.25, 0.3) is 5.69 Å². The topological polar surface area (TPSA) is 76.0 Å². The monoisotopic (exact) mass is 390 g/mol. The van der Waals surface area contributed by atoms with E-state index in [0.29, 0.717) is 12.3 Å². The van der Waals surface area contributed by atoms with Crippen molar-refractivity contribution in [1.29, 1.82) is 0 Å². The van der Waals surface area contributed by atoms with E-state index in [2.05, 4.69) is 15.7 Å². The molecule has 0 unspecified atom stereocenters. The first-order valence-corrected chi connectivity index (χ1v) is 9.71. The van der Waals surface area contributed by atoms with Gasteiger partial charge in [0.15, 0.2) is 0 Å². The molecule has 2 heterocycles. The first-order valence-electron chi connectivity index (χ1n) is 8.72. The third-order valence-corrected chi connectivity index (χ3v) is 6.14. The number of thioether (sulfide) groups is 1. The van der Waals surface area contributed by atoms with E-state index >= 15 is 0 Å². The van der Waals surface area contributed by atoms with E-state index in [1.165, 1.54) is 23.9 Å². The Bertz CT molecular complexity index is 877. The maximum atomic E-state index is 13.1. The molecule has 1 aromatic carbocycles. The van der Waals surface area contributed by atoms with Crippen molar-refractivity contribution in [2.45, 2.75) is 45.0 Å². The minimum absolute atomic E-state index is 0.129. The van der Waals surface area contributed by atoms with Crippen LogP contribution in [-0.4, -0.2) is 38.1 Å². The molecule has 2 N–H and O–H groups in total. The van der Waals surface area contributed by atoms with Gasteiger partial charge in [0.25, 0.3) is 0 Å². The van der Waals surface area contributed by atoms with E-state index in [-0.39, 0.29) is 17.6 Å². The Balaban J connectivity index is 1.69. The predicted molar refractivity (Wildman–Crippen MR) is 103 cm³/mol. The third-order valence-electron chi connectivity index (χ3n) is 4.73. The fraction of sp³-hybridized carbons (Fsp3) is 0.421. The van der Waals surface area contributed by atoms with Crippen LogP contribution in [0.3, 0.4) is 0 Å². The number of benzene rings is 1. The number of hydrogen-bond donors (Lipinski definition) is 2. The van der Waals surface area contributed by atoms with Gasteiger partial charge in [0.05, 0.1) is 16.1 Å². The Morgan fingerprint density at radius 2 is 2.04 bits per heavy atom. The van der Waals surface area contributed by atoms with Crippen molar-refractivity contribution in [3.8, 4) is 5.69 Å². The normalized spacial score (nSPS) is 18.9. The summed E-state index contributed by atoms with van der Waals surface area (Å²) < 4.78 is 14.4. The summed E-state index contributed by atoms with van der Waals surface area (Å²) in [5.41, 5.74) is 3.33. The van der Waals surface area contributed by atoms with Gasteiger partial charge in [-0.1, -0.05) is 0 Å². The van der Waals surface area contributed by atoms with Crippen LogP contribution in [0.2, 0.25) is 0 Å². The second-order valence-corrected chi connectivity index (χ2v) is 8.75. The lowest BCUT2D eigenvalue weighted by atomic mass is 10.1. The van der Waals surface area contributed by atoms with Crippen molar-refractivity contribution < 1.29 is 14.0 Å². The summed E-state index contributed by atoms with van der Waals surface area (Å²) in [5, 5.41) is 10.2. The van der Waals surface area contributed by atoms with Gasteiger partial charge in [0, 0.05) is 23.6 Å². The molecule has 0 saturated carbocycles. The van der Waals surface area contributed by atoms with Gasteiger partial charge in [0.1, 0.15) is 11.9 Å². The number of carbonyl (C=O) groups excluding carboxylic acids is 2. The molecule has 0 spiro atoms. The zero-order valence-electron chi connectivity index (χ0n) is 15.8. The quantitative estimate of drug-likeness (QED) is 0.840. The molecule has 2 amide bonds. The fourth-order valence-electron chi connectivity index (χ4n) is 2.94.